The first-order valence-electron chi connectivity index (χ1n) is 11.6. The number of ether oxygens (including phenoxy) is 2. The molecule has 0 radical (unpaired) electrons. The van der Waals surface area contributed by atoms with E-state index in [1.54, 1.807) is 0 Å². The molecular weight excluding hydrogens is 530 g/mol. The fourth-order valence-electron chi connectivity index (χ4n) is 3.79. The maximum Gasteiger partial charge on any atom is 0.490 e. The molecule has 2 N–H and O–H groups in total. The molecule has 2 atom stereocenters. The first-order valence-corrected chi connectivity index (χ1v) is 11.6. The highest BCUT2D eigenvalue weighted by Gasteiger charge is 2.43. The van der Waals surface area contributed by atoms with Gasteiger partial charge in [-0.15, -0.1) is 0 Å². The van der Waals surface area contributed by atoms with E-state index in [2.05, 4.69) is 36.8 Å². The van der Waals surface area contributed by atoms with Crippen LogP contribution >= 0.6 is 0 Å². The molecule has 2 aliphatic rings. The molecule has 0 saturated carbocycles. The summed E-state index contributed by atoms with van der Waals surface area (Å²) in [4.78, 5) is 22.6. The largest absolute Gasteiger partial charge is 0.490 e. The van der Waals surface area contributed by atoms with Crippen LogP contribution in [0.1, 0.15) is 31.8 Å². The van der Waals surface area contributed by atoms with Crippen LogP contribution in [0.4, 0.5) is 26.3 Å². The highest BCUT2D eigenvalue weighted by Crippen LogP contribution is 2.33. The smallest absolute Gasteiger partial charge is 0.475 e. The van der Waals surface area contributed by atoms with Crippen LogP contribution in [0.25, 0.3) is 0 Å². The molecule has 3 heterocycles. The monoisotopic (exact) mass is 564 g/mol. The molecule has 2 aliphatic heterocycles. The van der Waals surface area contributed by atoms with Gasteiger partial charge in [0, 0.05) is 25.7 Å². The Morgan fingerprint density at radius 1 is 1.13 bits per heavy atom. The number of alkyl halides is 6. The predicted molar refractivity (Wildman–Crippen MR) is 121 cm³/mol. The van der Waals surface area contributed by atoms with E-state index in [1.165, 1.54) is 0 Å². The third kappa shape index (κ3) is 12.0. The van der Waals surface area contributed by atoms with Crippen LogP contribution in [0, 0.1) is 12.8 Å². The Kier molecular flexibility index (Phi) is 12.5. The number of carboxylic acids is 2. The summed E-state index contributed by atoms with van der Waals surface area (Å²) in [5, 5.41) is 14.2. The van der Waals surface area contributed by atoms with E-state index in [4.69, 9.17) is 33.7 Å². The van der Waals surface area contributed by atoms with Crippen LogP contribution in [0.3, 0.4) is 0 Å². The van der Waals surface area contributed by atoms with Crippen LogP contribution in [-0.4, -0.2) is 102 Å². The van der Waals surface area contributed by atoms with Gasteiger partial charge in [0.25, 0.3) is 0 Å². The number of hydrogen-bond acceptors (Lipinski definition) is 7. The van der Waals surface area contributed by atoms with Crippen LogP contribution in [0.2, 0.25) is 0 Å². The second-order valence-corrected chi connectivity index (χ2v) is 9.48. The number of carboxylic acid groups (broad SMARTS) is 2. The molecule has 38 heavy (non-hydrogen) atoms. The van der Waals surface area contributed by atoms with E-state index in [-0.39, 0.29) is 5.60 Å². The number of nitrogens with zero attached hydrogens (tertiary/aromatic N) is 2. The standard InChI is InChI=1S/C19H32N2O3.2C2HF3O2/c1-15(2)20(4)10-17-9-19(23-12-17)13-21(7-8-22-14-19)11-18-6-5-16(3)24-18;2*3-2(4,5)1(6)7/h5-6,15,17H,7-14H2,1-4H3;2*(H,6,7). The van der Waals surface area contributed by atoms with Gasteiger partial charge < -0.3 is 29.0 Å². The molecule has 0 bridgehead atoms. The van der Waals surface area contributed by atoms with E-state index in [0.29, 0.717) is 18.6 Å². The second-order valence-electron chi connectivity index (χ2n) is 9.48. The minimum Gasteiger partial charge on any atom is -0.475 e. The van der Waals surface area contributed by atoms with Crippen LogP contribution in [0.5, 0.6) is 0 Å². The fourth-order valence-corrected chi connectivity index (χ4v) is 3.79. The lowest BCUT2D eigenvalue weighted by molar-refractivity contribution is -0.193. The summed E-state index contributed by atoms with van der Waals surface area (Å²) in [5.74, 6) is -2.93. The molecule has 2 saturated heterocycles. The lowest BCUT2D eigenvalue weighted by Gasteiger charge is -2.31. The van der Waals surface area contributed by atoms with Gasteiger partial charge in [-0.2, -0.15) is 26.3 Å². The van der Waals surface area contributed by atoms with Crippen LogP contribution in [-0.2, 0) is 25.6 Å². The number of furan rings is 1. The number of aryl methyl sites for hydroxylation is 1. The first kappa shape index (κ1) is 33.7. The van der Waals surface area contributed by atoms with Gasteiger partial charge in [-0.25, -0.2) is 9.59 Å². The third-order valence-corrected chi connectivity index (χ3v) is 5.80. The maximum absolute atomic E-state index is 10.6. The minimum atomic E-state index is -5.08. The van der Waals surface area contributed by atoms with Gasteiger partial charge >= 0.3 is 24.3 Å². The summed E-state index contributed by atoms with van der Waals surface area (Å²) >= 11 is 0. The molecule has 220 valence electrons. The summed E-state index contributed by atoms with van der Waals surface area (Å²) < 4.78 is 81.4. The SMILES string of the molecule is Cc1ccc(CN2CCOCC3(CC(CN(C)C(C)C)CO3)C2)o1.O=C(O)C(F)(F)F.O=C(O)C(F)(F)F. The summed E-state index contributed by atoms with van der Waals surface area (Å²) in [6.07, 6.45) is -9.09. The lowest BCUT2D eigenvalue weighted by Crippen LogP contribution is -2.44. The molecule has 15 heteroatoms. The number of aliphatic carboxylic acids is 2. The van der Waals surface area contributed by atoms with Gasteiger partial charge in [-0.3, -0.25) is 4.90 Å². The minimum absolute atomic E-state index is 0.152. The van der Waals surface area contributed by atoms with Gasteiger partial charge in [-0.05, 0) is 52.3 Å². The van der Waals surface area contributed by atoms with Gasteiger partial charge in [0.1, 0.15) is 17.1 Å². The molecule has 9 nitrogen and oxygen atoms in total. The molecule has 1 aromatic heterocycles. The maximum atomic E-state index is 10.6. The van der Waals surface area contributed by atoms with Crippen molar-refractivity contribution in [2.24, 2.45) is 5.92 Å². The summed E-state index contributed by atoms with van der Waals surface area (Å²) in [6, 6.07) is 4.68. The van der Waals surface area contributed by atoms with Crippen molar-refractivity contribution in [3.8, 4) is 0 Å². The molecule has 2 fully saturated rings. The Labute approximate surface area is 216 Å². The number of halogens is 6. The lowest BCUT2D eigenvalue weighted by atomic mass is 9.93. The Bertz CT molecular complexity index is 866. The van der Waals surface area contributed by atoms with Gasteiger partial charge in [0.2, 0.25) is 0 Å². The topological polar surface area (TPSA) is 113 Å². The Hall–Kier alpha value is -2.36. The van der Waals surface area contributed by atoms with Crippen molar-refractivity contribution < 1.29 is 60.0 Å². The molecule has 0 aromatic carbocycles. The van der Waals surface area contributed by atoms with Crippen molar-refractivity contribution >= 4 is 11.9 Å². The van der Waals surface area contributed by atoms with Crippen molar-refractivity contribution in [1.29, 1.82) is 0 Å². The fraction of sp³-hybridized carbons (Fsp3) is 0.739. The van der Waals surface area contributed by atoms with Gasteiger partial charge in [-0.1, -0.05) is 0 Å². The number of hydrogen-bond donors (Lipinski definition) is 2. The molecule has 1 spiro atoms. The van der Waals surface area contributed by atoms with Crippen molar-refractivity contribution in [3.05, 3.63) is 23.7 Å². The average Bonchev–Trinajstić information content (AvgIpc) is 3.29. The zero-order valence-electron chi connectivity index (χ0n) is 21.6. The van der Waals surface area contributed by atoms with E-state index in [9.17, 15) is 26.3 Å². The zero-order chi connectivity index (χ0) is 29.3. The third-order valence-electron chi connectivity index (χ3n) is 5.80. The normalized spacial score (nSPS) is 22.5. The van der Waals surface area contributed by atoms with E-state index in [1.807, 2.05) is 13.0 Å². The Balaban J connectivity index is 0.000000426. The van der Waals surface area contributed by atoms with E-state index >= 15 is 0 Å². The first-order chi connectivity index (χ1) is 17.3. The number of rotatable bonds is 5. The molecule has 0 amide bonds. The van der Waals surface area contributed by atoms with E-state index in [0.717, 1.165) is 57.3 Å². The highest BCUT2D eigenvalue weighted by atomic mass is 19.4. The predicted octanol–water partition coefficient (Wildman–Crippen LogP) is 3.80. The number of carbonyl (C=O) groups is 2. The molecule has 1 aromatic rings. The Morgan fingerprint density at radius 2 is 1.68 bits per heavy atom. The molecular formula is C23H34F6N2O7. The van der Waals surface area contributed by atoms with Gasteiger partial charge in [0.05, 0.1) is 26.4 Å². The van der Waals surface area contributed by atoms with E-state index < -0.39 is 24.3 Å². The molecule has 0 aliphatic carbocycles. The van der Waals surface area contributed by atoms with Crippen LogP contribution < -0.4 is 0 Å². The van der Waals surface area contributed by atoms with Crippen molar-refractivity contribution in [1.82, 2.24) is 9.80 Å². The zero-order valence-corrected chi connectivity index (χ0v) is 21.6. The Morgan fingerprint density at radius 3 is 2.13 bits per heavy atom. The van der Waals surface area contributed by atoms with Crippen molar-refractivity contribution in [3.63, 3.8) is 0 Å². The van der Waals surface area contributed by atoms with Crippen molar-refractivity contribution in [2.45, 2.75) is 57.7 Å². The van der Waals surface area contributed by atoms with Crippen molar-refractivity contribution in [2.75, 3.05) is 46.5 Å². The summed E-state index contributed by atoms with van der Waals surface area (Å²) in [6.45, 7) is 12.6. The molecule has 3 rings (SSSR count). The average molecular weight is 565 g/mol. The highest BCUT2D eigenvalue weighted by molar-refractivity contribution is 5.73. The summed E-state index contributed by atoms with van der Waals surface area (Å²) in [5.41, 5.74) is -0.152. The summed E-state index contributed by atoms with van der Waals surface area (Å²) in [7, 11) is 2.20. The quantitative estimate of drug-likeness (QED) is 0.516. The van der Waals surface area contributed by atoms with Crippen LogP contribution in [0.15, 0.2) is 16.5 Å². The van der Waals surface area contributed by atoms with Gasteiger partial charge in [0.15, 0.2) is 0 Å². The molecule has 2 unspecified atom stereocenters. The second kappa shape index (κ2) is 14.1.